The molecule has 0 aliphatic rings. The third kappa shape index (κ3) is 4.79. The fourth-order valence-corrected chi connectivity index (χ4v) is 4.30. The normalized spacial score (nSPS) is 11.1. The number of hydrogen-bond donors (Lipinski definition) is 1. The first-order valence-electron chi connectivity index (χ1n) is 10.7. The largest absolute Gasteiger partial charge is 0.487 e. The number of nitrogens with zero attached hydrogens (tertiary/aromatic N) is 3. The lowest BCUT2D eigenvalue weighted by atomic mass is 10.0. The molecule has 0 saturated carbocycles. The van der Waals surface area contributed by atoms with Crippen molar-refractivity contribution in [2.45, 2.75) is 33.3 Å². The Balaban J connectivity index is 1.61. The first-order valence-corrected chi connectivity index (χ1v) is 11.5. The molecule has 1 N–H and O–H groups in total. The molecule has 2 aromatic carbocycles. The van der Waals surface area contributed by atoms with Gasteiger partial charge in [-0.1, -0.05) is 43.1 Å². The quantitative estimate of drug-likeness (QED) is 0.300. The molecule has 0 atom stereocenters. The summed E-state index contributed by atoms with van der Waals surface area (Å²) in [6.07, 6.45) is 3.18. The Bertz CT molecular complexity index is 1330. The van der Waals surface area contributed by atoms with E-state index in [-0.39, 0.29) is 18.1 Å². The zero-order chi connectivity index (χ0) is 24.4. The Kier molecular flexibility index (Phi) is 6.91. The standard InChI is InChI=1S/C26H23Cl2N3O3/c1-15(2)20-13-30-31(25-21(27)5-4-6-22(25)28)24(20)14-34-18-8-9-19(16(3)11-18)23-10-7-17(12-29-23)26(32)33/h4-13,15H,14H2,1-3H3,(H,32,33). The lowest BCUT2D eigenvalue weighted by Crippen LogP contribution is -2.09. The van der Waals surface area contributed by atoms with Gasteiger partial charge in [-0.2, -0.15) is 5.10 Å². The van der Waals surface area contributed by atoms with E-state index in [0.29, 0.717) is 27.2 Å². The summed E-state index contributed by atoms with van der Waals surface area (Å²) in [5.74, 6) is -0.0775. The van der Waals surface area contributed by atoms with E-state index in [0.717, 1.165) is 22.4 Å². The van der Waals surface area contributed by atoms with Crippen LogP contribution >= 0.6 is 23.2 Å². The van der Waals surface area contributed by atoms with Crippen LogP contribution in [0.4, 0.5) is 0 Å². The molecule has 2 heterocycles. The SMILES string of the molecule is Cc1cc(OCc2c(C(C)C)cnn2-c2c(Cl)cccc2Cl)ccc1-c1ccc(C(=O)O)cn1. The highest BCUT2D eigenvalue weighted by Gasteiger charge is 2.19. The zero-order valence-corrected chi connectivity index (χ0v) is 20.4. The predicted octanol–water partition coefficient (Wildman–Crippen LogP) is 6.95. The number of para-hydroxylation sites is 1. The van der Waals surface area contributed by atoms with E-state index in [2.05, 4.69) is 23.9 Å². The maximum Gasteiger partial charge on any atom is 0.337 e. The molecule has 4 rings (SSSR count). The highest BCUT2D eigenvalue weighted by Crippen LogP contribution is 2.32. The molecule has 0 spiro atoms. The van der Waals surface area contributed by atoms with Crippen LogP contribution < -0.4 is 4.74 Å². The number of carboxylic acids is 1. The van der Waals surface area contributed by atoms with Crippen LogP contribution in [0.2, 0.25) is 10.0 Å². The maximum absolute atomic E-state index is 11.1. The Morgan fingerprint density at radius 3 is 2.41 bits per heavy atom. The second-order valence-electron chi connectivity index (χ2n) is 8.19. The average Bonchev–Trinajstić information content (AvgIpc) is 3.21. The molecule has 8 heteroatoms. The van der Waals surface area contributed by atoms with Gasteiger partial charge in [0, 0.05) is 11.8 Å². The van der Waals surface area contributed by atoms with Crippen LogP contribution in [0, 0.1) is 6.92 Å². The van der Waals surface area contributed by atoms with Crippen molar-refractivity contribution in [2.75, 3.05) is 0 Å². The van der Waals surface area contributed by atoms with E-state index in [1.807, 2.05) is 31.3 Å². The number of pyridine rings is 1. The van der Waals surface area contributed by atoms with Gasteiger partial charge in [0.25, 0.3) is 0 Å². The highest BCUT2D eigenvalue weighted by molar-refractivity contribution is 6.37. The van der Waals surface area contributed by atoms with E-state index in [4.69, 9.17) is 33.0 Å². The van der Waals surface area contributed by atoms with Crippen molar-refractivity contribution in [3.8, 4) is 22.7 Å². The molecule has 0 radical (unpaired) electrons. The van der Waals surface area contributed by atoms with E-state index in [1.54, 1.807) is 35.0 Å². The number of carbonyl (C=O) groups is 1. The second kappa shape index (κ2) is 9.87. The monoisotopic (exact) mass is 495 g/mol. The lowest BCUT2D eigenvalue weighted by Gasteiger charge is -2.15. The topological polar surface area (TPSA) is 77.2 Å². The highest BCUT2D eigenvalue weighted by atomic mass is 35.5. The Morgan fingerprint density at radius 1 is 1.09 bits per heavy atom. The van der Waals surface area contributed by atoms with Crippen LogP contribution in [0.15, 0.2) is 60.9 Å². The Labute approximate surface area is 207 Å². The number of ether oxygens (including phenoxy) is 1. The number of carboxylic acid groups (broad SMARTS) is 1. The van der Waals surface area contributed by atoms with E-state index < -0.39 is 5.97 Å². The molecule has 0 fully saturated rings. The number of benzene rings is 2. The molecule has 34 heavy (non-hydrogen) atoms. The minimum absolute atomic E-state index is 0.151. The fourth-order valence-electron chi connectivity index (χ4n) is 3.74. The molecule has 0 amide bonds. The molecule has 0 bridgehead atoms. The van der Waals surface area contributed by atoms with Crippen molar-refractivity contribution in [1.82, 2.24) is 14.8 Å². The smallest absolute Gasteiger partial charge is 0.337 e. The van der Waals surface area contributed by atoms with Crippen LogP contribution in [0.3, 0.4) is 0 Å². The summed E-state index contributed by atoms with van der Waals surface area (Å²) in [5.41, 5.74) is 5.25. The van der Waals surface area contributed by atoms with Gasteiger partial charge < -0.3 is 9.84 Å². The fraction of sp³-hybridized carbons (Fsp3) is 0.192. The van der Waals surface area contributed by atoms with Gasteiger partial charge >= 0.3 is 5.97 Å². The number of halogens is 2. The van der Waals surface area contributed by atoms with E-state index >= 15 is 0 Å². The molecular weight excluding hydrogens is 473 g/mol. The molecule has 0 aliphatic heterocycles. The van der Waals surface area contributed by atoms with Gasteiger partial charge in [-0.3, -0.25) is 4.98 Å². The molecular formula is C26H23Cl2N3O3. The van der Waals surface area contributed by atoms with Crippen molar-refractivity contribution in [1.29, 1.82) is 0 Å². The van der Waals surface area contributed by atoms with Crippen molar-refractivity contribution in [3.05, 3.63) is 93.4 Å². The van der Waals surface area contributed by atoms with Crippen LogP contribution in [0.25, 0.3) is 16.9 Å². The van der Waals surface area contributed by atoms with Gasteiger partial charge in [-0.15, -0.1) is 0 Å². The minimum Gasteiger partial charge on any atom is -0.487 e. The third-order valence-corrected chi connectivity index (χ3v) is 6.14. The molecule has 174 valence electrons. The summed E-state index contributed by atoms with van der Waals surface area (Å²) in [4.78, 5) is 15.4. The minimum atomic E-state index is -1.00. The van der Waals surface area contributed by atoms with E-state index in [9.17, 15) is 4.79 Å². The summed E-state index contributed by atoms with van der Waals surface area (Å²) in [6, 6.07) is 14.3. The molecule has 0 saturated heterocycles. The van der Waals surface area contributed by atoms with Crippen LogP contribution in [-0.2, 0) is 6.61 Å². The number of aromatic carboxylic acids is 1. The predicted molar refractivity (Wildman–Crippen MR) is 133 cm³/mol. The van der Waals surface area contributed by atoms with Gasteiger partial charge in [0.2, 0.25) is 0 Å². The number of aromatic nitrogens is 3. The van der Waals surface area contributed by atoms with E-state index in [1.165, 1.54) is 6.20 Å². The van der Waals surface area contributed by atoms with Crippen molar-refractivity contribution < 1.29 is 14.6 Å². The van der Waals surface area contributed by atoms with Crippen LogP contribution in [0.5, 0.6) is 5.75 Å². The summed E-state index contributed by atoms with van der Waals surface area (Å²) in [7, 11) is 0. The lowest BCUT2D eigenvalue weighted by molar-refractivity contribution is 0.0696. The van der Waals surface area contributed by atoms with Gasteiger partial charge in [0.1, 0.15) is 18.0 Å². The summed E-state index contributed by atoms with van der Waals surface area (Å²) in [6.45, 7) is 6.43. The summed E-state index contributed by atoms with van der Waals surface area (Å²) in [5, 5.41) is 14.6. The Hall–Kier alpha value is -3.35. The first kappa shape index (κ1) is 23.8. The van der Waals surface area contributed by atoms with Crippen molar-refractivity contribution >= 4 is 29.2 Å². The molecule has 6 nitrogen and oxygen atoms in total. The number of aryl methyl sites for hydroxylation is 1. The molecule has 0 unspecified atom stereocenters. The van der Waals surface area contributed by atoms with Crippen LogP contribution in [-0.4, -0.2) is 25.8 Å². The molecule has 4 aromatic rings. The van der Waals surface area contributed by atoms with Gasteiger partial charge in [0.15, 0.2) is 0 Å². The van der Waals surface area contributed by atoms with Gasteiger partial charge in [-0.25, -0.2) is 9.48 Å². The van der Waals surface area contributed by atoms with Gasteiger partial charge in [-0.05, 0) is 66.4 Å². The zero-order valence-electron chi connectivity index (χ0n) is 18.9. The molecule has 0 aliphatic carbocycles. The summed E-state index contributed by atoms with van der Waals surface area (Å²) >= 11 is 12.9. The van der Waals surface area contributed by atoms with Crippen LogP contribution in [0.1, 0.15) is 46.9 Å². The third-order valence-electron chi connectivity index (χ3n) is 5.53. The second-order valence-corrected chi connectivity index (χ2v) is 9.00. The first-order chi connectivity index (χ1) is 16.3. The molecule has 2 aromatic heterocycles. The van der Waals surface area contributed by atoms with Gasteiger partial charge in [0.05, 0.1) is 33.2 Å². The Morgan fingerprint density at radius 2 is 1.82 bits per heavy atom. The number of hydrogen-bond acceptors (Lipinski definition) is 4. The number of rotatable bonds is 7. The van der Waals surface area contributed by atoms with Crippen molar-refractivity contribution in [2.24, 2.45) is 0 Å². The average molecular weight is 496 g/mol. The van der Waals surface area contributed by atoms with Crippen molar-refractivity contribution in [3.63, 3.8) is 0 Å². The maximum atomic E-state index is 11.1. The summed E-state index contributed by atoms with van der Waals surface area (Å²) < 4.78 is 7.91.